The summed E-state index contributed by atoms with van der Waals surface area (Å²) >= 11 is 0. The van der Waals surface area contributed by atoms with Crippen LogP contribution in [0.3, 0.4) is 0 Å². The Hall–Kier alpha value is -3.62. The van der Waals surface area contributed by atoms with Crippen molar-refractivity contribution in [3.05, 3.63) is 58.6 Å². The summed E-state index contributed by atoms with van der Waals surface area (Å²) in [6.07, 6.45) is 0.0166. The first-order valence-corrected chi connectivity index (χ1v) is 10.0. The molecule has 3 rings (SSSR count). The van der Waals surface area contributed by atoms with Crippen LogP contribution in [0.2, 0.25) is 0 Å². The number of nitrogens with zero attached hydrogens (tertiary/aromatic N) is 2. The Morgan fingerprint density at radius 2 is 1.77 bits per heavy atom. The maximum atomic E-state index is 12.6. The molecule has 1 fully saturated rings. The molecule has 0 unspecified atom stereocenters. The van der Waals surface area contributed by atoms with Gasteiger partial charge in [-0.1, -0.05) is 24.3 Å². The third-order valence-electron chi connectivity index (χ3n) is 5.27. The smallest absolute Gasteiger partial charge is 0.309 e. The van der Waals surface area contributed by atoms with E-state index in [4.69, 9.17) is 9.47 Å². The molecule has 2 aromatic carbocycles. The molecule has 1 atom stereocenters. The molecule has 1 saturated heterocycles. The van der Waals surface area contributed by atoms with E-state index in [0.717, 1.165) is 0 Å². The van der Waals surface area contributed by atoms with Crippen molar-refractivity contribution in [3.8, 4) is 5.75 Å². The summed E-state index contributed by atoms with van der Waals surface area (Å²) in [5, 5.41) is 14.0. The zero-order valence-electron chi connectivity index (χ0n) is 17.4. The van der Waals surface area contributed by atoms with Gasteiger partial charge in [-0.15, -0.1) is 0 Å². The van der Waals surface area contributed by atoms with Crippen LogP contribution in [0, 0.1) is 16.0 Å². The van der Waals surface area contributed by atoms with Gasteiger partial charge in [0.05, 0.1) is 23.6 Å². The predicted molar refractivity (Wildman–Crippen MR) is 115 cm³/mol. The van der Waals surface area contributed by atoms with Crippen molar-refractivity contribution < 1.29 is 24.0 Å². The average Bonchev–Trinajstić information content (AvgIpc) is 2.79. The first kappa shape index (κ1) is 22.1. The molecule has 0 bridgehead atoms. The summed E-state index contributed by atoms with van der Waals surface area (Å²) in [5.41, 5.74) is 1.09. The number of hydrogen-bond acceptors (Lipinski definition) is 7. The number of methoxy groups -OCH3 is 1. The Balaban J connectivity index is 1.54. The first-order valence-electron chi connectivity index (χ1n) is 10.0. The van der Waals surface area contributed by atoms with Crippen LogP contribution in [0.25, 0.3) is 0 Å². The number of rotatable bonds is 7. The van der Waals surface area contributed by atoms with E-state index in [1.54, 1.807) is 42.5 Å². The highest BCUT2D eigenvalue weighted by Gasteiger charge is 2.31. The van der Waals surface area contributed by atoms with Crippen LogP contribution in [0.5, 0.6) is 5.75 Å². The summed E-state index contributed by atoms with van der Waals surface area (Å²) in [6.45, 7) is 2.50. The maximum Gasteiger partial charge on any atom is 0.309 e. The van der Waals surface area contributed by atoms with Gasteiger partial charge >= 0.3 is 5.97 Å². The largest absolute Gasteiger partial charge is 0.495 e. The standard InChI is InChI=1S/C22H25N3O6/c1-15(21(26)23-17-7-3-6-10-20(17)30-2)31-22(27)16-11-13-24(14-12-16)18-8-4-5-9-19(18)25(28)29/h3-10,15-16H,11-14H2,1-2H3,(H,23,26)/t15-/m0/s1. The molecule has 1 aliphatic rings. The number of ether oxygens (including phenoxy) is 2. The van der Waals surface area contributed by atoms with Gasteiger partial charge in [0.1, 0.15) is 11.4 Å². The molecule has 0 radical (unpaired) electrons. The molecule has 31 heavy (non-hydrogen) atoms. The van der Waals surface area contributed by atoms with Gasteiger partial charge in [0.25, 0.3) is 11.6 Å². The Morgan fingerprint density at radius 1 is 1.13 bits per heavy atom. The van der Waals surface area contributed by atoms with Crippen molar-refractivity contribution in [2.24, 2.45) is 5.92 Å². The van der Waals surface area contributed by atoms with E-state index in [1.807, 2.05) is 4.90 Å². The van der Waals surface area contributed by atoms with Crippen molar-refractivity contribution in [2.75, 3.05) is 30.4 Å². The zero-order chi connectivity index (χ0) is 22.4. The Bertz CT molecular complexity index is 956. The van der Waals surface area contributed by atoms with Crippen LogP contribution in [0.15, 0.2) is 48.5 Å². The average molecular weight is 427 g/mol. The molecule has 1 heterocycles. The fourth-order valence-corrected chi connectivity index (χ4v) is 3.55. The molecule has 2 aromatic rings. The fraction of sp³-hybridized carbons (Fsp3) is 0.364. The number of benzene rings is 2. The number of nitro benzene ring substituents is 1. The Kier molecular flexibility index (Phi) is 7.07. The first-order chi connectivity index (χ1) is 14.9. The van der Waals surface area contributed by atoms with Gasteiger partial charge in [-0.05, 0) is 38.0 Å². The highest BCUT2D eigenvalue weighted by molar-refractivity contribution is 5.96. The molecule has 0 saturated carbocycles. The van der Waals surface area contributed by atoms with Crippen LogP contribution < -0.4 is 15.0 Å². The maximum absolute atomic E-state index is 12.6. The second-order valence-electron chi connectivity index (χ2n) is 7.28. The molecule has 0 aliphatic carbocycles. The second-order valence-corrected chi connectivity index (χ2v) is 7.28. The van der Waals surface area contributed by atoms with Crippen molar-refractivity contribution in [1.82, 2.24) is 0 Å². The van der Waals surface area contributed by atoms with E-state index in [1.165, 1.54) is 20.1 Å². The molecule has 1 N–H and O–H groups in total. The molecule has 1 aliphatic heterocycles. The van der Waals surface area contributed by atoms with Crippen LogP contribution >= 0.6 is 0 Å². The van der Waals surface area contributed by atoms with Gasteiger partial charge in [-0.3, -0.25) is 19.7 Å². The molecular weight excluding hydrogens is 402 g/mol. The number of nitro groups is 1. The molecule has 1 amide bonds. The monoisotopic (exact) mass is 427 g/mol. The number of piperidine rings is 1. The lowest BCUT2D eigenvalue weighted by Crippen LogP contribution is -2.39. The number of hydrogen-bond donors (Lipinski definition) is 1. The van der Waals surface area contributed by atoms with Crippen molar-refractivity contribution in [2.45, 2.75) is 25.9 Å². The summed E-state index contributed by atoms with van der Waals surface area (Å²) in [7, 11) is 1.50. The van der Waals surface area contributed by atoms with Crippen LogP contribution in [-0.2, 0) is 14.3 Å². The number of carbonyl (C=O) groups is 2. The van der Waals surface area contributed by atoms with E-state index in [-0.39, 0.29) is 11.6 Å². The molecule has 9 heteroatoms. The second kappa shape index (κ2) is 9.92. The highest BCUT2D eigenvalue weighted by Crippen LogP contribution is 2.31. The molecule has 0 spiro atoms. The summed E-state index contributed by atoms with van der Waals surface area (Å²) in [5.74, 6) is -0.739. The van der Waals surface area contributed by atoms with Crippen molar-refractivity contribution in [3.63, 3.8) is 0 Å². The number of esters is 1. The lowest BCUT2D eigenvalue weighted by molar-refractivity contribution is -0.384. The minimum atomic E-state index is -0.967. The van der Waals surface area contributed by atoms with Gasteiger partial charge in [-0.2, -0.15) is 0 Å². The number of anilines is 2. The minimum absolute atomic E-state index is 0.0464. The summed E-state index contributed by atoms with van der Waals surface area (Å²) in [4.78, 5) is 37.7. The van der Waals surface area contributed by atoms with E-state index >= 15 is 0 Å². The van der Waals surface area contributed by atoms with Crippen molar-refractivity contribution in [1.29, 1.82) is 0 Å². The van der Waals surface area contributed by atoms with Gasteiger partial charge in [-0.25, -0.2) is 0 Å². The third kappa shape index (κ3) is 5.30. The summed E-state index contributed by atoms with van der Waals surface area (Å²) in [6, 6.07) is 13.5. The Morgan fingerprint density at radius 3 is 2.45 bits per heavy atom. The van der Waals surface area contributed by atoms with Crippen molar-refractivity contribution >= 4 is 28.9 Å². The number of carbonyl (C=O) groups excluding carboxylic acids is 2. The highest BCUT2D eigenvalue weighted by atomic mass is 16.6. The SMILES string of the molecule is COc1ccccc1NC(=O)[C@H](C)OC(=O)C1CCN(c2ccccc2[N+](=O)[O-])CC1. The molecule has 9 nitrogen and oxygen atoms in total. The van der Waals surface area contributed by atoms with Crippen LogP contribution in [0.4, 0.5) is 17.1 Å². The van der Waals surface area contributed by atoms with Gasteiger partial charge in [0, 0.05) is 19.2 Å². The number of nitrogens with one attached hydrogen (secondary N) is 1. The van der Waals surface area contributed by atoms with Gasteiger partial charge in [0.15, 0.2) is 6.10 Å². The molecule has 164 valence electrons. The number of para-hydroxylation sites is 4. The zero-order valence-corrected chi connectivity index (χ0v) is 17.4. The number of amides is 1. The predicted octanol–water partition coefficient (Wildman–Crippen LogP) is 3.39. The fourth-order valence-electron chi connectivity index (χ4n) is 3.55. The minimum Gasteiger partial charge on any atom is -0.495 e. The quantitative estimate of drug-likeness (QED) is 0.410. The van der Waals surface area contributed by atoms with E-state index in [0.29, 0.717) is 43.1 Å². The normalized spacial score (nSPS) is 15.1. The van der Waals surface area contributed by atoms with Crippen LogP contribution in [-0.4, -0.2) is 43.1 Å². The van der Waals surface area contributed by atoms with E-state index < -0.39 is 22.9 Å². The van der Waals surface area contributed by atoms with Crippen LogP contribution in [0.1, 0.15) is 19.8 Å². The summed E-state index contributed by atoms with van der Waals surface area (Å²) < 4.78 is 10.6. The van der Waals surface area contributed by atoms with Gasteiger partial charge < -0.3 is 19.7 Å². The Labute approximate surface area is 180 Å². The third-order valence-corrected chi connectivity index (χ3v) is 5.27. The molecular formula is C22H25N3O6. The topological polar surface area (TPSA) is 111 Å². The lowest BCUT2D eigenvalue weighted by Gasteiger charge is -2.32. The van der Waals surface area contributed by atoms with E-state index in [2.05, 4.69) is 5.32 Å². The lowest BCUT2D eigenvalue weighted by atomic mass is 9.96. The van der Waals surface area contributed by atoms with Gasteiger partial charge in [0.2, 0.25) is 0 Å². The molecule has 0 aromatic heterocycles. The van der Waals surface area contributed by atoms with E-state index in [9.17, 15) is 19.7 Å².